The minimum Gasteiger partial charge on any atom is -0.344 e. The molecule has 2 aromatic carbocycles. The van der Waals surface area contributed by atoms with Gasteiger partial charge in [-0.15, -0.1) is 0 Å². The van der Waals surface area contributed by atoms with Gasteiger partial charge in [0.15, 0.2) is 0 Å². The van der Waals surface area contributed by atoms with E-state index in [1.165, 1.54) is 30.6 Å². The SMILES string of the molecule is C[C@H](Cc1ccccc1)[NH2+]CCC[NH2+][C@H](C)Cc1ccccc1. The maximum absolute atomic E-state index is 2.49. The topological polar surface area (TPSA) is 33.2 Å². The van der Waals surface area contributed by atoms with Crippen LogP contribution in [0.15, 0.2) is 60.7 Å². The van der Waals surface area contributed by atoms with Crippen LogP contribution in [-0.4, -0.2) is 25.2 Å². The largest absolute Gasteiger partial charge is 0.344 e. The Balaban J connectivity index is 1.53. The van der Waals surface area contributed by atoms with Crippen LogP contribution in [0.3, 0.4) is 0 Å². The number of hydrogen-bond donors (Lipinski definition) is 2. The fourth-order valence-electron chi connectivity index (χ4n) is 3.06. The van der Waals surface area contributed by atoms with Gasteiger partial charge in [-0.2, -0.15) is 0 Å². The van der Waals surface area contributed by atoms with Gasteiger partial charge < -0.3 is 10.6 Å². The molecular formula is C21H32N2+2. The fraction of sp³-hybridized carbons (Fsp3) is 0.429. The molecule has 2 rings (SSSR count). The zero-order valence-electron chi connectivity index (χ0n) is 14.6. The Hall–Kier alpha value is -1.64. The highest BCUT2D eigenvalue weighted by Gasteiger charge is 2.08. The van der Waals surface area contributed by atoms with Crippen LogP contribution < -0.4 is 10.6 Å². The number of rotatable bonds is 10. The molecule has 0 fully saturated rings. The number of nitrogens with two attached hydrogens (primary N) is 2. The van der Waals surface area contributed by atoms with E-state index in [-0.39, 0.29) is 0 Å². The quantitative estimate of drug-likeness (QED) is 0.627. The molecule has 2 nitrogen and oxygen atoms in total. The van der Waals surface area contributed by atoms with Gasteiger partial charge in [-0.3, -0.25) is 0 Å². The van der Waals surface area contributed by atoms with Crippen LogP contribution in [0.5, 0.6) is 0 Å². The number of benzene rings is 2. The number of quaternary nitrogens is 2. The summed E-state index contributed by atoms with van der Waals surface area (Å²) in [6.45, 7) is 7.11. The maximum atomic E-state index is 2.49. The van der Waals surface area contributed by atoms with Crippen LogP contribution in [0, 0.1) is 0 Å². The average Bonchev–Trinajstić information content (AvgIpc) is 2.56. The summed E-state index contributed by atoms with van der Waals surface area (Å²) in [6.07, 6.45) is 3.60. The second kappa shape index (κ2) is 10.2. The van der Waals surface area contributed by atoms with Crippen molar-refractivity contribution in [2.24, 2.45) is 0 Å². The minimum atomic E-state index is 0.666. The predicted octanol–water partition coefficient (Wildman–Crippen LogP) is 1.77. The Morgan fingerprint density at radius 2 is 1.04 bits per heavy atom. The summed E-state index contributed by atoms with van der Waals surface area (Å²) in [5.74, 6) is 0. The maximum Gasteiger partial charge on any atom is 0.0871 e. The molecule has 0 bridgehead atoms. The van der Waals surface area contributed by atoms with E-state index in [2.05, 4.69) is 85.1 Å². The molecule has 0 heterocycles. The Kier molecular flexibility index (Phi) is 7.85. The summed E-state index contributed by atoms with van der Waals surface area (Å²) in [5.41, 5.74) is 2.89. The van der Waals surface area contributed by atoms with Crippen molar-refractivity contribution in [3.05, 3.63) is 71.8 Å². The van der Waals surface area contributed by atoms with E-state index in [0.29, 0.717) is 12.1 Å². The standard InChI is InChI=1S/C21H30N2/c1-18(16-20-10-5-3-6-11-20)22-14-9-15-23-19(2)17-21-12-7-4-8-13-21/h3-8,10-13,18-19,22-23H,9,14-17H2,1-2H3/p+2/t18-,19-/m1/s1. The summed E-state index contributed by atoms with van der Waals surface area (Å²) in [5, 5.41) is 4.98. The molecule has 2 atom stereocenters. The molecule has 23 heavy (non-hydrogen) atoms. The first-order valence-electron chi connectivity index (χ1n) is 8.98. The lowest BCUT2D eigenvalue weighted by molar-refractivity contribution is -0.709. The van der Waals surface area contributed by atoms with Gasteiger partial charge in [0, 0.05) is 19.3 Å². The summed E-state index contributed by atoms with van der Waals surface area (Å²) < 4.78 is 0. The second-order valence-corrected chi connectivity index (χ2v) is 6.74. The molecule has 0 radical (unpaired) electrons. The molecule has 0 unspecified atom stereocenters. The molecule has 0 aliphatic carbocycles. The molecule has 0 spiro atoms. The molecule has 4 N–H and O–H groups in total. The zero-order valence-corrected chi connectivity index (χ0v) is 14.6. The van der Waals surface area contributed by atoms with Crippen molar-refractivity contribution in [3.63, 3.8) is 0 Å². The van der Waals surface area contributed by atoms with Gasteiger partial charge in [0.05, 0.1) is 25.2 Å². The first-order chi connectivity index (χ1) is 11.2. The third-order valence-electron chi connectivity index (χ3n) is 4.35. The monoisotopic (exact) mass is 312 g/mol. The first-order valence-corrected chi connectivity index (χ1v) is 8.98. The van der Waals surface area contributed by atoms with Crippen LogP contribution in [0.4, 0.5) is 0 Å². The average molecular weight is 313 g/mol. The first kappa shape index (κ1) is 17.7. The highest BCUT2D eigenvalue weighted by atomic mass is 14.9. The molecule has 2 aromatic rings. The second-order valence-electron chi connectivity index (χ2n) is 6.74. The van der Waals surface area contributed by atoms with E-state index in [4.69, 9.17) is 0 Å². The Bertz CT molecular complexity index is 475. The number of hydrogen-bond acceptors (Lipinski definition) is 0. The van der Waals surface area contributed by atoms with Gasteiger partial charge >= 0.3 is 0 Å². The van der Waals surface area contributed by atoms with Gasteiger partial charge in [-0.25, -0.2) is 0 Å². The van der Waals surface area contributed by atoms with Gasteiger partial charge in [0.2, 0.25) is 0 Å². The van der Waals surface area contributed by atoms with Crippen molar-refractivity contribution in [3.8, 4) is 0 Å². The summed E-state index contributed by atoms with van der Waals surface area (Å²) in [4.78, 5) is 0. The lowest BCUT2D eigenvalue weighted by atomic mass is 10.1. The van der Waals surface area contributed by atoms with Gasteiger partial charge in [0.25, 0.3) is 0 Å². The predicted molar refractivity (Wildman–Crippen MR) is 97.4 cm³/mol. The van der Waals surface area contributed by atoms with Crippen molar-refractivity contribution < 1.29 is 10.6 Å². The molecule has 124 valence electrons. The summed E-state index contributed by atoms with van der Waals surface area (Å²) in [6, 6.07) is 22.9. The highest BCUT2D eigenvalue weighted by Crippen LogP contribution is 2.01. The third-order valence-corrected chi connectivity index (χ3v) is 4.35. The van der Waals surface area contributed by atoms with Crippen molar-refractivity contribution in [2.75, 3.05) is 13.1 Å². The molecule has 2 heteroatoms. The molecule has 0 aromatic heterocycles. The third kappa shape index (κ3) is 7.45. The van der Waals surface area contributed by atoms with Crippen LogP contribution in [0.1, 0.15) is 31.4 Å². The molecule has 0 amide bonds. The Labute approximate surface area is 141 Å². The lowest BCUT2D eigenvalue weighted by Gasteiger charge is -2.12. The lowest BCUT2D eigenvalue weighted by Crippen LogP contribution is -2.93. The van der Waals surface area contributed by atoms with Crippen molar-refractivity contribution >= 4 is 0 Å². The van der Waals surface area contributed by atoms with E-state index in [9.17, 15) is 0 Å². The van der Waals surface area contributed by atoms with Gasteiger partial charge in [0.1, 0.15) is 0 Å². The Morgan fingerprint density at radius 1 is 0.652 bits per heavy atom. The van der Waals surface area contributed by atoms with Crippen molar-refractivity contribution in [2.45, 2.75) is 45.2 Å². The van der Waals surface area contributed by atoms with E-state index in [0.717, 1.165) is 12.8 Å². The summed E-state index contributed by atoms with van der Waals surface area (Å²) >= 11 is 0. The van der Waals surface area contributed by atoms with Crippen LogP contribution in [0.2, 0.25) is 0 Å². The van der Waals surface area contributed by atoms with E-state index < -0.39 is 0 Å². The Morgan fingerprint density at radius 3 is 1.43 bits per heavy atom. The smallest absolute Gasteiger partial charge is 0.0871 e. The fourth-order valence-corrected chi connectivity index (χ4v) is 3.06. The van der Waals surface area contributed by atoms with Crippen molar-refractivity contribution in [1.29, 1.82) is 0 Å². The van der Waals surface area contributed by atoms with E-state index >= 15 is 0 Å². The molecule has 0 aliphatic heterocycles. The van der Waals surface area contributed by atoms with Crippen LogP contribution in [0.25, 0.3) is 0 Å². The van der Waals surface area contributed by atoms with E-state index in [1.807, 2.05) is 0 Å². The van der Waals surface area contributed by atoms with Crippen LogP contribution >= 0.6 is 0 Å². The van der Waals surface area contributed by atoms with Crippen molar-refractivity contribution in [1.82, 2.24) is 0 Å². The molecule has 0 aliphatic rings. The van der Waals surface area contributed by atoms with Crippen LogP contribution in [-0.2, 0) is 12.8 Å². The minimum absolute atomic E-state index is 0.666. The molecular weight excluding hydrogens is 280 g/mol. The van der Waals surface area contributed by atoms with Gasteiger partial charge in [-0.1, -0.05) is 60.7 Å². The summed E-state index contributed by atoms with van der Waals surface area (Å²) in [7, 11) is 0. The normalized spacial score (nSPS) is 13.7. The molecule has 0 saturated carbocycles. The highest BCUT2D eigenvalue weighted by molar-refractivity contribution is 5.15. The van der Waals surface area contributed by atoms with Gasteiger partial charge in [-0.05, 0) is 25.0 Å². The van der Waals surface area contributed by atoms with E-state index in [1.54, 1.807) is 0 Å². The zero-order chi connectivity index (χ0) is 16.3. The molecule has 0 saturated heterocycles.